The highest BCUT2D eigenvalue weighted by atomic mass is 16.5. The summed E-state index contributed by atoms with van der Waals surface area (Å²) in [7, 11) is 1.43. The smallest absolute Gasteiger partial charge is 0.305 e. The molecule has 0 amide bonds. The lowest BCUT2D eigenvalue weighted by Crippen LogP contribution is -2.02. The van der Waals surface area contributed by atoms with E-state index >= 15 is 0 Å². The van der Waals surface area contributed by atoms with Gasteiger partial charge in [0.2, 0.25) is 0 Å². The topological polar surface area (TPSA) is 46.5 Å². The van der Waals surface area contributed by atoms with Crippen LogP contribution in [0.1, 0.15) is 90.4 Å². The van der Waals surface area contributed by atoms with Gasteiger partial charge in [0, 0.05) is 6.42 Å². The van der Waals surface area contributed by atoms with Gasteiger partial charge >= 0.3 is 5.97 Å². The van der Waals surface area contributed by atoms with Crippen LogP contribution in [0.25, 0.3) is 0 Å². The first-order valence-electron chi connectivity index (χ1n) is 9.12. The molecule has 0 saturated carbocycles. The van der Waals surface area contributed by atoms with Crippen LogP contribution in [0.5, 0.6) is 0 Å². The van der Waals surface area contributed by atoms with Crippen molar-refractivity contribution in [1.29, 1.82) is 0 Å². The Hall–Kier alpha value is -0.830. The van der Waals surface area contributed by atoms with Gasteiger partial charge in [-0.1, -0.05) is 70.4 Å². The normalized spacial score (nSPS) is 12.7. The van der Waals surface area contributed by atoms with E-state index in [0.717, 1.165) is 38.5 Å². The van der Waals surface area contributed by atoms with E-state index in [1.165, 1.54) is 45.6 Å². The zero-order chi connectivity index (χ0) is 16.5. The Morgan fingerprint density at radius 2 is 1.64 bits per heavy atom. The highest BCUT2D eigenvalue weighted by molar-refractivity contribution is 5.68. The molecule has 0 saturated heterocycles. The van der Waals surface area contributed by atoms with Crippen LogP contribution in [0, 0.1) is 0 Å². The molecule has 0 radical (unpaired) electrons. The second-order valence-corrected chi connectivity index (χ2v) is 6.08. The van der Waals surface area contributed by atoms with Gasteiger partial charge in [-0.25, -0.2) is 0 Å². The average Bonchev–Trinajstić information content (AvgIpc) is 2.52. The van der Waals surface area contributed by atoms with E-state index in [-0.39, 0.29) is 12.1 Å². The van der Waals surface area contributed by atoms with Gasteiger partial charge in [-0.15, -0.1) is 0 Å². The summed E-state index contributed by atoms with van der Waals surface area (Å²) in [5, 5.41) is 9.84. The summed E-state index contributed by atoms with van der Waals surface area (Å²) in [4.78, 5) is 10.9. The largest absolute Gasteiger partial charge is 0.469 e. The molecule has 3 heteroatoms. The predicted octanol–water partition coefficient (Wildman–Crippen LogP) is 5.17. The van der Waals surface area contributed by atoms with Gasteiger partial charge in [-0.05, 0) is 25.7 Å². The Morgan fingerprint density at radius 1 is 1.00 bits per heavy atom. The van der Waals surface area contributed by atoms with Gasteiger partial charge < -0.3 is 9.84 Å². The van der Waals surface area contributed by atoms with Crippen molar-refractivity contribution in [1.82, 2.24) is 0 Å². The van der Waals surface area contributed by atoms with Gasteiger partial charge in [-0.3, -0.25) is 4.79 Å². The molecule has 22 heavy (non-hydrogen) atoms. The third-order valence-electron chi connectivity index (χ3n) is 3.94. The van der Waals surface area contributed by atoms with Gasteiger partial charge in [0.15, 0.2) is 0 Å². The van der Waals surface area contributed by atoms with Crippen LogP contribution < -0.4 is 0 Å². The second kappa shape index (κ2) is 16.5. The highest BCUT2D eigenvalue weighted by Crippen LogP contribution is 2.10. The van der Waals surface area contributed by atoms with E-state index in [9.17, 15) is 9.90 Å². The van der Waals surface area contributed by atoms with Crippen LogP contribution in [0.3, 0.4) is 0 Å². The number of carbonyl (C=O) groups excluding carboxylic acids is 1. The third-order valence-corrected chi connectivity index (χ3v) is 3.94. The number of hydrogen-bond donors (Lipinski definition) is 1. The second-order valence-electron chi connectivity index (χ2n) is 6.08. The predicted molar refractivity (Wildman–Crippen MR) is 92.9 cm³/mol. The maximum absolute atomic E-state index is 10.9. The fraction of sp³-hybridized carbons (Fsp3) is 0.842. The molecule has 0 aliphatic rings. The van der Waals surface area contributed by atoms with Crippen molar-refractivity contribution in [3.8, 4) is 0 Å². The van der Waals surface area contributed by atoms with Crippen molar-refractivity contribution in [2.24, 2.45) is 0 Å². The standard InChI is InChI=1S/C19H36O3/c1-3-4-5-6-7-8-9-12-15-18(20)16-13-10-11-14-17-19(21)22-2/h12,15,18,20H,3-11,13-14,16-17H2,1-2H3/b15-12+. The summed E-state index contributed by atoms with van der Waals surface area (Å²) in [6, 6.07) is 0. The minimum atomic E-state index is -0.305. The van der Waals surface area contributed by atoms with E-state index in [2.05, 4.69) is 17.7 Å². The van der Waals surface area contributed by atoms with E-state index in [0.29, 0.717) is 6.42 Å². The van der Waals surface area contributed by atoms with Gasteiger partial charge in [0.1, 0.15) is 0 Å². The molecule has 0 rings (SSSR count). The number of aliphatic hydroxyl groups is 1. The first kappa shape index (κ1) is 21.2. The Balaban J connectivity index is 3.32. The summed E-state index contributed by atoms with van der Waals surface area (Å²) in [6.07, 6.45) is 18.1. The molecule has 1 atom stereocenters. The zero-order valence-electron chi connectivity index (χ0n) is 14.7. The summed E-state index contributed by atoms with van der Waals surface area (Å²) in [6.45, 7) is 2.24. The van der Waals surface area contributed by atoms with Crippen LogP contribution in [-0.4, -0.2) is 24.3 Å². The molecule has 0 aliphatic carbocycles. The minimum absolute atomic E-state index is 0.127. The van der Waals surface area contributed by atoms with Crippen LogP contribution >= 0.6 is 0 Å². The average molecular weight is 312 g/mol. The Kier molecular flexibility index (Phi) is 15.9. The quantitative estimate of drug-likeness (QED) is 0.258. The highest BCUT2D eigenvalue weighted by Gasteiger charge is 2.01. The maximum Gasteiger partial charge on any atom is 0.305 e. The van der Waals surface area contributed by atoms with Crippen LogP contribution in [-0.2, 0) is 9.53 Å². The number of hydrogen-bond acceptors (Lipinski definition) is 3. The first-order valence-corrected chi connectivity index (χ1v) is 9.12. The van der Waals surface area contributed by atoms with Crippen LogP contribution in [0.2, 0.25) is 0 Å². The number of carbonyl (C=O) groups is 1. The molecule has 1 unspecified atom stereocenters. The molecular weight excluding hydrogens is 276 g/mol. The van der Waals surface area contributed by atoms with Crippen LogP contribution in [0.4, 0.5) is 0 Å². The molecule has 0 aromatic rings. The number of rotatable bonds is 15. The van der Waals surface area contributed by atoms with Crippen molar-refractivity contribution < 1.29 is 14.6 Å². The summed E-state index contributed by atoms with van der Waals surface area (Å²) < 4.78 is 4.60. The van der Waals surface area contributed by atoms with Gasteiger partial charge in [0.05, 0.1) is 13.2 Å². The molecule has 0 heterocycles. The lowest BCUT2D eigenvalue weighted by molar-refractivity contribution is -0.140. The Bertz CT molecular complexity index is 274. The SMILES string of the molecule is CCCCCCCC/C=C/C(O)CCCCCCC(=O)OC. The third kappa shape index (κ3) is 15.6. The van der Waals surface area contributed by atoms with Crippen molar-refractivity contribution in [2.75, 3.05) is 7.11 Å². The Labute approximate surface area is 137 Å². The monoisotopic (exact) mass is 312 g/mol. The minimum Gasteiger partial charge on any atom is -0.469 e. The maximum atomic E-state index is 10.9. The van der Waals surface area contributed by atoms with E-state index in [1.54, 1.807) is 0 Å². The molecule has 0 spiro atoms. The van der Waals surface area contributed by atoms with E-state index in [4.69, 9.17) is 0 Å². The first-order chi connectivity index (χ1) is 10.7. The van der Waals surface area contributed by atoms with Gasteiger partial charge in [-0.2, -0.15) is 0 Å². The summed E-state index contributed by atoms with van der Waals surface area (Å²) in [5.41, 5.74) is 0. The molecule has 130 valence electrons. The summed E-state index contributed by atoms with van der Waals surface area (Å²) in [5.74, 6) is -0.127. The summed E-state index contributed by atoms with van der Waals surface area (Å²) >= 11 is 0. The van der Waals surface area contributed by atoms with Crippen molar-refractivity contribution in [2.45, 2.75) is 96.5 Å². The molecule has 3 nitrogen and oxygen atoms in total. The van der Waals surface area contributed by atoms with Crippen molar-refractivity contribution in [3.63, 3.8) is 0 Å². The zero-order valence-corrected chi connectivity index (χ0v) is 14.7. The molecule has 1 N–H and O–H groups in total. The number of unbranched alkanes of at least 4 members (excludes halogenated alkanes) is 9. The number of esters is 1. The molecular formula is C19H36O3. The molecule has 0 aliphatic heterocycles. The number of aliphatic hydroxyl groups excluding tert-OH is 1. The lowest BCUT2D eigenvalue weighted by Gasteiger charge is -2.05. The van der Waals surface area contributed by atoms with E-state index in [1.807, 2.05) is 6.08 Å². The van der Waals surface area contributed by atoms with E-state index < -0.39 is 0 Å². The number of allylic oxidation sites excluding steroid dienone is 1. The molecule has 0 fully saturated rings. The fourth-order valence-corrected chi connectivity index (χ4v) is 2.47. The number of methoxy groups -OCH3 is 1. The lowest BCUT2D eigenvalue weighted by atomic mass is 10.1. The Morgan fingerprint density at radius 3 is 2.36 bits per heavy atom. The van der Waals surface area contributed by atoms with Crippen molar-refractivity contribution >= 4 is 5.97 Å². The van der Waals surface area contributed by atoms with Crippen molar-refractivity contribution in [3.05, 3.63) is 12.2 Å². The molecule has 0 aromatic heterocycles. The number of ether oxygens (including phenoxy) is 1. The molecule has 0 aromatic carbocycles. The van der Waals surface area contributed by atoms with Crippen LogP contribution in [0.15, 0.2) is 12.2 Å². The fourth-order valence-electron chi connectivity index (χ4n) is 2.47. The molecule has 0 bridgehead atoms. The van der Waals surface area contributed by atoms with Gasteiger partial charge in [0.25, 0.3) is 0 Å².